The number of carbonyl (C=O) groups excluding carboxylic acids is 1. The fourth-order valence-corrected chi connectivity index (χ4v) is 6.96. The van der Waals surface area contributed by atoms with E-state index in [4.69, 9.17) is 9.52 Å². The van der Waals surface area contributed by atoms with Crippen LogP contribution in [0, 0.1) is 5.41 Å². The molecule has 0 radical (unpaired) electrons. The Balaban J connectivity index is 1.31. The first kappa shape index (κ1) is 27.0. The number of furan rings is 1. The molecular formula is C29H35FN4O5S. The van der Waals surface area contributed by atoms with Gasteiger partial charge in [-0.2, -0.15) is 0 Å². The van der Waals surface area contributed by atoms with Gasteiger partial charge in [0.1, 0.15) is 6.17 Å². The van der Waals surface area contributed by atoms with E-state index in [1.54, 1.807) is 30.5 Å². The lowest BCUT2D eigenvalue weighted by molar-refractivity contribution is 0.102. The first-order valence-electron chi connectivity index (χ1n) is 14.0. The topological polar surface area (TPSA) is 115 Å². The molecule has 1 aliphatic carbocycles. The van der Waals surface area contributed by atoms with Crippen LogP contribution in [-0.2, 0) is 10.0 Å². The number of aliphatic hydroxyl groups is 1. The van der Waals surface area contributed by atoms with Crippen molar-refractivity contribution in [1.82, 2.24) is 4.72 Å². The summed E-state index contributed by atoms with van der Waals surface area (Å²) in [5, 5.41) is 12.9. The van der Waals surface area contributed by atoms with Gasteiger partial charge < -0.3 is 24.6 Å². The predicted molar refractivity (Wildman–Crippen MR) is 152 cm³/mol. The van der Waals surface area contributed by atoms with Crippen LogP contribution in [0.15, 0.2) is 52.0 Å². The van der Waals surface area contributed by atoms with Gasteiger partial charge in [-0.15, -0.1) is 0 Å². The van der Waals surface area contributed by atoms with E-state index in [0.29, 0.717) is 53.9 Å². The van der Waals surface area contributed by atoms with E-state index in [1.165, 1.54) is 18.9 Å². The Morgan fingerprint density at radius 1 is 1.00 bits per heavy atom. The van der Waals surface area contributed by atoms with Crippen LogP contribution >= 0.6 is 0 Å². The molecule has 0 atom stereocenters. The molecule has 1 spiro atoms. The van der Waals surface area contributed by atoms with E-state index in [9.17, 15) is 17.6 Å². The number of hydrogen-bond acceptors (Lipinski definition) is 7. The zero-order chi connectivity index (χ0) is 27.9. The van der Waals surface area contributed by atoms with Gasteiger partial charge in [-0.05, 0) is 80.3 Å². The zero-order valence-electron chi connectivity index (χ0n) is 22.4. The summed E-state index contributed by atoms with van der Waals surface area (Å²) in [4.78, 5) is 17.9. The van der Waals surface area contributed by atoms with Crippen LogP contribution in [0.4, 0.5) is 21.5 Å². The molecule has 40 heavy (non-hydrogen) atoms. The minimum absolute atomic E-state index is 0.0792. The van der Waals surface area contributed by atoms with Gasteiger partial charge in [0, 0.05) is 43.7 Å². The molecule has 11 heteroatoms. The first-order valence-corrected chi connectivity index (χ1v) is 15.5. The summed E-state index contributed by atoms with van der Waals surface area (Å²) in [5.74, 6) is -0.323. The summed E-state index contributed by atoms with van der Waals surface area (Å²) in [7, 11) is -3.82. The van der Waals surface area contributed by atoms with Gasteiger partial charge in [0.05, 0.1) is 34.8 Å². The Hall–Kier alpha value is -3.15. The minimum Gasteiger partial charge on any atom is -0.462 e. The van der Waals surface area contributed by atoms with Crippen LogP contribution in [0.2, 0.25) is 0 Å². The van der Waals surface area contributed by atoms with Gasteiger partial charge in [0.2, 0.25) is 10.0 Å². The van der Waals surface area contributed by atoms with Crippen molar-refractivity contribution in [3.8, 4) is 0 Å². The Bertz CT molecular complexity index is 1500. The normalized spacial score (nSPS) is 19.4. The summed E-state index contributed by atoms with van der Waals surface area (Å²) in [6.07, 6.45) is 6.19. The maximum atomic E-state index is 13.8. The van der Waals surface area contributed by atoms with Crippen molar-refractivity contribution < 1.29 is 27.1 Å². The number of amides is 1. The van der Waals surface area contributed by atoms with Crippen molar-refractivity contribution in [2.75, 3.05) is 54.4 Å². The third-order valence-corrected chi connectivity index (χ3v) is 10.1. The van der Waals surface area contributed by atoms with Gasteiger partial charge in [-0.1, -0.05) is 0 Å². The largest absolute Gasteiger partial charge is 0.462 e. The van der Waals surface area contributed by atoms with Crippen molar-refractivity contribution in [2.45, 2.75) is 49.6 Å². The van der Waals surface area contributed by atoms with Crippen LogP contribution in [0.5, 0.6) is 0 Å². The highest BCUT2D eigenvalue weighted by atomic mass is 32.2. The van der Waals surface area contributed by atoms with Crippen LogP contribution in [0.1, 0.15) is 48.9 Å². The molecule has 3 aliphatic rings. The quantitative estimate of drug-likeness (QED) is 0.371. The number of nitrogens with zero attached hydrogens (tertiary/aromatic N) is 2. The summed E-state index contributed by atoms with van der Waals surface area (Å²) in [6.45, 7) is 2.28. The van der Waals surface area contributed by atoms with E-state index in [1.807, 2.05) is 6.07 Å². The predicted octanol–water partition coefficient (Wildman–Crippen LogP) is 4.27. The Morgan fingerprint density at radius 3 is 2.42 bits per heavy atom. The maximum absolute atomic E-state index is 13.8. The standard InChI is InChI=1S/C29H35FN4O5S/c30-22-3-11-33(12-4-22)26-18-21(17-20-5-16-39-27(20)26)28(36)32-24-2-1-23(40(37,38)31-10-15-35)19-25(24)34-13-8-29(6-7-29)9-14-34/h1-2,5,16-19,22,31,35H,3-4,6-15H2,(H,32,36). The monoisotopic (exact) mass is 570 g/mol. The Labute approximate surface area is 233 Å². The van der Waals surface area contributed by atoms with Gasteiger partial charge in [0.15, 0.2) is 5.58 Å². The van der Waals surface area contributed by atoms with E-state index in [-0.39, 0.29) is 24.0 Å². The van der Waals surface area contributed by atoms with E-state index in [0.717, 1.165) is 37.0 Å². The summed E-state index contributed by atoms with van der Waals surface area (Å²) in [5.41, 5.74) is 3.49. The lowest BCUT2D eigenvalue weighted by atomic mass is 9.93. The van der Waals surface area contributed by atoms with Crippen LogP contribution in [0.25, 0.3) is 11.0 Å². The van der Waals surface area contributed by atoms with E-state index in [2.05, 4.69) is 19.8 Å². The second kappa shape index (κ2) is 10.7. The molecule has 1 aromatic heterocycles. The lowest BCUT2D eigenvalue weighted by Gasteiger charge is -2.35. The number of nitrogens with one attached hydrogen (secondary N) is 2. The lowest BCUT2D eigenvalue weighted by Crippen LogP contribution is -2.35. The van der Waals surface area contributed by atoms with Crippen molar-refractivity contribution in [3.63, 3.8) is 0 Å². The van der Waals surface area contributed by atoms with Gasteiger partial charge >= 0.3 is 0 Å². The number of halogens is 1. The smallest absolute Gasteiger partial charge is 0.255 e. The third kappa shape index (κ3) is 5.42. The van der Waals surface area contributed by atoms with Crippen molar-refractivity contribution >= 4 is 44.0 Å². The average molecular weight is 571 g/mol. The van der Waals surface area contributed by atoms with Crippen molar-refractivity contribution in [1.29, 1.82) is 0 Å². The fourth-order valence-electron chi connectivity index (χ4n) is 5.92. The molecule has 3 heterocycles. The molecule has 2 aliphatic heterocycles. The molecule has 3 N–H and O–H groups in total. The van der Waals surface area contributed by atoms with E-state index >= 15 is 0 Å². The average Bonchev–Trinajstić information content (AvgIpc) is 3.53. The number of hydrogen-bond donors (Lipinski definition) is 3. The fraction of sp³-hybridized carbons (Fsp3) is 0.483. The van der Waals surface area contributed by atoms with Gasteiger partial charge in [-0.3, -0.25) is 4.79 Å². The Morgan fingerprint density at radius 2 is 1.73 bits per heavy atom. The Kier molecular flexibility index (Phi) is 7.22. The highest BCUT2D eigenvalue weighted by molar-refractivity contribution is 7.89. The van der Waals surface area contributed by atoms with Gasteiger partial charge in [0.25, 0.3) is 5.91 Å². The zero-order valence-corrected chi connectivity index (χ0v) is 23.2. The van der Waals surface area contributed by atoms with Gasteiger partial charge in [-0.25, -0.2) is 17.5 Å². The number of alkyl halides is 1. The molecular weight excluding hydrogens is 535 g/mol. The van der Waals surface area contributed by atoms with Crippen LogP contribution < -0.4 is 19.8 Å². The second-order valence-corrected chi connectivity index (χ2v) is 13.0. The van der Waals surface area contributed by atoms with E-state index < -0.39 is 16.2 Å². The molecule has 3 aromatic rings. The molecule has 214 valence electrons. The summed E-state index contributed by atoms with van der Waals surface area (Å²) < 4.78 is 47.6. The number of benzene rings is 2. The third-order valence-electron chi connectivity index (χ3n) is 8.61. The number of carbonyl (C=O) groups is 1. The molecule has 1 amide bonds. The molecule has 3 fully saturated rings. The molecule has 6 rings (SSSR count). The molecule has 2 aromatic carbocycles. The number of sulfonamides is 1. The summed E-state index contributed by atoms with van der Waals surface area (Å²) >= 11 is 0. The highest BCUT2D eigenvalue weighted by Gasteiger charge is 2.44. The highest BCUT2D eigenvalue weighted by Crippen LogP contribution is 2.54. The molecule has 1 saturated carbocycles. The molecule has 2 saturated heterocycles. The van der Waals surface area contributed by atoms with Crippen molar-refractivity contribution in [3.05, 3.63) is 48.2 Å². The van der Waals surface area contributed by atoms with Crippen LogP contribution in [-0.4, -0.2) is 64.9 Å². The number of rotatable bonds is 8. The molecule has 0 bridgehead atoms. The number of piperidine rings is 2. The second-order valence-electron chi connectivity index (χ2n) is 11.2. The number of fused-ring (bicyclic) bond motifs is 1. The molecule has 0 unspecified atom stereocenters. The molecule has 9 nitrogen and oxygen atoms in total. The van der Waals surface area contributed by atoms with Crippen molar-refractivity contribution in [2.24, 2.45) is 5.41 Å². The van der Waals surface area contributed by atoms with Crippen LogP contribution in [0.3, 0.4) is 0 Å². The maximum Gasteiger partial charge on any atom is 0.255 e. The first-order chi connectivity index (χ1) is 19.3. The summed E-state index contributed by atoms with van der Waals surface area (Å²) in [6, 6.07) is 10.1. The number of aliphatic hydroxyl groups excluding tert-OH is 1. The SMILES string of the molecule is O=C(Nc1ccc(S(=O)(=O)NCCO)cc1N1CCC2(CC1)CC2)c1cc(N2CCC(F)CC2)c2occc2c1. The minimum atomic E-state index is -3.82. The number of anilines is 3.